The summed E-state index contributed by atoms with van der Waals surface area (Å²) in [5.74, 6) is 8.06. The zero-order valence-electron chi connectivity index (χ0n) is 12.2. The molecule has 0 radical (unpaired) electrons. The number of hydrogen-bond donors (Lipinski definition) is 1. The van der Waals surface area contributed by atoms with Gasteiger partial charge in [0.2, 0.25) is 0 Å². The third-order valence-electron chi connectivity index (χ3n) is 4.61. The first-order valence-electron chi connectivity index (χ1n) is 7.54. The van der Waals surface area contributed by atoms with E-state index in [-0.39, 0.29) is 5.41 Å². The maximum absolute atomic E-state index is 9.03. The van der Waals surface area contributed by atoms with Crippen LogP contribution in [0.4, 0.5) is 5.69 Å². The molecule has 2 heterocycles. The van der Waals surface area contributed by atoms with Crippen molar-refractivity contribution in [3.05, 3.63) is 42.1 Å². The van der Waals surface area contributed by atoms with Crippen molar-refractivity contribution in [2.75, 3.05) is 24.5 Å². The Morgan fingerprint density at radius 3 is 3.18 bits per heavy atom. The van der Waals surface area contributed by atoms with Crippen LogP contribution in [0, 0.1) is 34.5 Å². The number of aliphatic imine (C=N–C) groups is 1. The van der Waals surface area contributed by atoms with Crippen LogP contribution in [-0.2, 0) is 0 Å². The third-order valence-corrected chi connectivity index (χ3v) is 4.61. The number of hydrogen-bond acceptors (Lipinski definition) is 4. The molecule has 2 aliphatic heterocycles. The lowest BCUT2D eigenvalue weighted by Crippen LogP contribution is -2.25. The van der Waals surface area contributed by atoms with Crippen molar-refractivity contribution >= 4 is 11.5 Å². The van der Waals surface area contributed by atoms with Crippen LogP contribution in [-0.4, -0.2) is 25.5 Å². The quantitative estimate of drug-likeness (QED) is 0.803. The van der Waals surface area contributed by atoms with E-state index in [9.17, 15) is 0 Å². The Hall–Kier alpha value is -2.72. The van der Waals surface area contributed by atoms with E-state index >= 15 is 0 Å². The van der Waals surface area contributed by atoms with Gasteiger partial charge in [-0.1, -0.05) is 12.0 Å². The molecule has 1 aliphatic carbocycles. The number of nitrogens with zero attached hydrogens (tertiary/aromatic N) is 3. The molecule has 2 unspecified atom stereocenters. The summed E-state index contributed by atoms with van der Waals surface area (Å²) in [6.45, 7) is 2.78. The van der Waals surface area contributed by atoms with E-state index in [0.29, 0.717) is 11.5 Å². The highest BCUT2D eigenvalue weighted by molar-refractivity contribution is 5.99. The van der Waals surface area contributed by atoms with E-state index in [4.69, 9.17) is 5.26 Å². The molecule has 1 N–H and O–H groups in total. The van der Waals surface area contributed by atoms with Crippen LogP contribution >= 0.6 is 0 Å². The van der Waals surface area contributed by atoms with E-state index in [1.165, 1.54) is 6.42 Å². The average molecular weight is 288 g/mol. The van der Waals surface area contributed by atoms with Crippen molar-refractivity contribution in [3.63, 3.8) is 0 Å². The SMILES string of the molecule is N#Cc1cccc(N2CC3CC3(C#CC3=NC=CCN3)C2)c1. The van der Waals surface area contributed by atoms with Gasteiger partial charge in [0.15, 0.2) is 5.84 Å². The molecule has 0 spiro atoms. The maximum atomic E-state index is 9.03. The molecule has 108 valence electrons. The zero-order valence-corrected chi connectivity index (χ0v) is 12.2. The van der Waals surface area contributed by atoms with Crippen molar-refractivity contribution in [1.82, 2.24) is 5.32 Å². The van der Waals surface area contributed by atoms with Crippen molar-refractivity contribution in [3.8, 4) is 17.9 Å². The summed E-state index contributed by atoms with van der Waals surface area (Å²) in [5, 5.41) is 12.2. The predicted octanol–water partition coefficient (Wildman–Crippen LogP) is 1.90. The van der Waals surface area contributed by atoms with Crippen LogP contribution in [0.5, 0.6) is 0 Å². The van der Waals surface area contributed by atoms with Crippen molar-refractivity contribution in [1.29, 1.82) is 5.26 Å². The van der Waals surface area contributed by atoms with Crippen LogP contribution in [0.25, 0.3) is 0 Å². The van der Waals surface area contributed by atoms with Crippen molar-refractivity contribution < 1.29 is 0 Å². The first-order chi connectivity index (χ1) is 10.8. The van der Waals surface area contributed by atoms with E-state index in [1.807, 2.05) is 24.3 Å². The number of amidine groups is 1. The molecule has 1 saturated carbocycles. The van der Waals surface area contributed by atoms with Gasteiger partial charge in [-0.05, 0) is 42.5 Å². The molecular weight excluding hydrogens is 272 g/mol. The molecule has 0 amide bonds. The highest BCUT2D eigenvalue weighted by atomic mass is 15.2. The molecule has 0 aromatic heterocycles. The topological polar surface area (TPSA) is 51.4 Å². The molecule has 2 atom stereocenters. The normalized spacial score (nSPS) is 27.9. The second kappa shape index (κ2) is 4.93. The molecule has 0 bridgehead atoms. The van der Waals surface area contributed by atoms with Gasteiger partial charge >= 0.3 is 0 Å². The Labute approximate surface area is 130 Å². The first-order valence-corrected chi connectivity index (χ1v) is 7.54. The number of benzene rings is 1. The molecule has 4 rings (SSSR count). The van der Waals surface area contributed by atoms with Crippen LogP contribution < -0.4 is 10.2 Å². The van der Waals surface area contributed by atoms with Crippen LogP contribution in [0.3, 0.4) is 0 Å². The number of anilines is 1. The second-order valence-electron chi connectivity index (χ2n) is 6.09. The molecule has 2 fully saturated rings. The van der Waals surface area contributed by atoms with Gasteiger partial charge in [0, 0.05) is 31.5 Å². The molecule has 4 heteroatoms. The average Bonchev–Trinajstić information content (AvgIpc) is 3.14. The summed E-state index contributed by atoms with van der Waals surface area (Å²) in [6.07, 6.45) is 4.96. The zero-order chi connectivity index (χ0) is 15.0. The van der Waals surface area contributed by atoms with Gasteiger partial charge in [-0.15, -0.1) is 0 Å². The monoisotopic (exact) mass is 288 g/mol. The van der Waals surface area contributed by atoms with E-state index in [1.54, 1.807) is 6.20 Å². The van der Waals surface area contributed by atoms with Gasteiger partial charge in [0.1, 0.15) is 0 Å². The Kier molecular flexibility index (Phi) is 2.91. The highest BCUT2D eigenvalue weighted by Crippen LogP contribution is 2.57. The lowest BCUT2D eigenvalue weighted by atomic mass is 10.1. The summed E-state index contributed by atoms with van der Waals surface area (Å²) >= 11 is 0. The largest absolute Gasteiger partial charge is 0.370 e. The van der Waals surface area contributed by atoms with Crippen molar-refractivity contribution in [2.24, 2.45) is 16.3 Å². The standard InChI is InChI=1S/C18H16N4/c19-11-14-3-1-4-16(9-14)22-12-15-10-18(15,13-22)6-5-17-20-7-2-8-21-17/h1-4,7,9,15H,8,10,12-13H2,(H,20,21). The predicted molar refractivity (Wildman–Crippen MR) is 86.3 cm³/mol. The lowest BCUT2D eigenvalue weighted by Gasteiger charge is -2.21. The van der Waals surface area contributed by atoms with E-state index < -0.39 is 0 Å². The van der Waals surface area contributed by atoms with E-state index in [2.05, 4.69) is 39.2 Å². The van der Waals surface area contributed by atoms with Crippen molar-refractivity contribution in [2.45, 2.75) is 6.42 Å². The summed E-state index contributed by atoms with van der Waals surface area (Å²) in [5.41, 5.74) is 1.96. The summed E-state index contributed by atoms with van der Waals surface area (Å²) in [7, 11) is 0. The van der Waals surface area contributed by atoms with Gasteiger partial charge in [0.25, 0.3) is 0 Å². The molecular formula is C18H16N4. The molecule has 1 aromatic rings. The number of rotatable bonds is 1. The molecule has 22 heavy (non-hydrogen) atoms. The Bertz CT molecular complexity index is 774. The number of nitrogens with one attached hydrogen (secondary N) is 1. The fraction of sp³-hybridized carbons (Fsp3) is 0.333. The Balaban J connectivity index is 1.51. The van der Waals surface area contributed by atoms with Gasteiger partial charge in [-0.2, -0.15) is 5.26 Å². The minimum absolute atomic E-state index is 0.119. The fourth-order valence-electron chi connectivity index (χ4n) is 3.29. The minimum atomic E-state index is 0.119. The highest BCUT2D eigenvalue weighted by Gasteiger charge is 2.59. The van der Waals surface area contributed by atoms with Gasteiger partial charge in [-0.25, -0.2) is 4.99 Å². The van der Waals surface area contributed by atoms with Gasteiger partial charge in [-0.3, -0.25) is 0 Å². The Morgan fingerprint density at radius 1 is 1.41 bits per heavy atom. The number of nitriles is 1. The van der Waals surface area contributed by atoms with Gasteiger partial charge < -0.3 is 10.2 Å². The number of piperidine rings is 1. The smallest absolute Gasteiger partial charge is 0.178 e. The third kappa shape index (κ3) is 2.23. The van der Waals surface area contributed by atoms with Crippen LogP contribution in [0.15, 0.2) is 41.5 Å². The molecule has 1 saturated heterocycles. The minimum Gasteiger partial charge on any atom is -0.370 e. The summed E-state index contributed by atoms with van der Waals surface area (Å²) in [4.78, 5) is 6.59. The van der Waals surface area contributed by atoms with Crippen LogP contribution in [0.2, 0.25) is 0 Å². The molecule has 1 aromatic carbocycles. The number of fused-ring (bicyclic) bond motifs is 1. The Morgan fingerprint density at radius 2 is 2.36 bits per heavy atom. The maximum Gasteiger partial charge on any atom is 0.178 e. The fourth-order valence-corrected chi connectivity index (χ4v) is 3.29. The van der Waals surface area contributed by atoms with Crippen LogP contribution in [0.1, 0.15) is 12.0 Å². The van der Waals surface area contributed by atoms with Gasteiger partial charge in [0.05, 0.1) is 17.0 Å². The summed E-state index contributed by atoms with van der Waals surface area (Å²) < 4.78 is 0. The summed E-state index contributed by atoms with van der Waals surface area (Å²) in [6, 6.07) is 10.0. The lowest BCUT2D eigenvalue weighted by molar-refractivity contribution is 0.706. The molecule has 4 nitrogen and oxygen atoms in total. The molecule has 3 aliphatic rings. The first kappa shape index (κ1) is 13.0. The second-order valence-corrected chi connectivity index (χ2v) is 6.09. The van der Waals surface area contributed by atoms with E-state index in [0.717, 1.165) is 31.2 Å².